The van der Waals surface area contributed by atoms with Gasteiger partial charge in [0.2, 0.25) is 0 Å². The van der Waals surface area contributed by atoms with Crippen LogP contribution >= 0.6 is 11.8 Å². The van der Waals surface area contributed by atoms with Crippen molar-refractivity contribution >= 4 is 11.8 Å². The number of rotatable bonds is 9. The minimum atomic E-state index is 0.444. The van der Waals surface area contributed by atoms with Crippen LogP contribution in [0.4, 0.5) is 0 Å². The Kier molecular flexibility index (Phi) is 7.94. The van der Waals surface area contributed by atoms with Crippen LogP contribution < -0.4 is 10.1 Å². The highest BCUT2D eigenvalue weighted by atomic mass is 32.2. The van der Waals surface area contributed by atoms with Gasteiger partial charge in [-0.1, -0.05) is 26.0 Å². The molecule has 1 atom stereocenters. The summed E-state index contributed by atoms with van der Waals surface area (Å²) in [6.45, 7) is 5.20. The van der Waals surface area contributed by atoms with Crippen molar-refractivity contribution in [3.8, 4) is 5.75 Å². The second kappa shape index (κ2) is 9.29. The summed E-state index contributed by atoms with van der Waals surface area (Å²) in [7, 11) is 2.00. The van der Waals surface area contributed by atoms with Gasteiger partial charge in [0, 0.05) is 6.04 Å². The number of hydrogen-bond donors (Lipinski definition) is 1. The molecule has 1 N–H and O–H groups in total. The monoisotopic (exact) mass is 267 g/mol. The van der Waals surface area contributed by atoms with Gasteiger partial charge < -0.3 is 10.1 Å². The van der Waals surface area contributed by atoms with Crippen LogP contribution in [0, 0.1) is 0 Å². The molecular formula is C15H25NOS. The van der Waals surface area contributed by atoms with Crippen molar-refractivity contribution < 1.29 is 4.74 Å². The fourth-order valence-electron chi connectivity index (χ4n) is 1.90. The lowest BCUT2D eigenvalue weighted by atomic mass is 10.1. The van der Waals surface area contributed by atoms with Crippen LogP contribution in [-0.2, 0) is 0 Å². The van der Waals surface area contributed by atoms with Gasteiger partial charge >= 0.3 is 0 Å². The largest absolute Gasteiger partial charge is 0.494 e. The molecule has 18 heavy (non-hydrogen) atoms. The minimum Gasteiger partial charge on any atom is -0.494 e. The van der Waals surface area contributed by atoms with Crippen LogP contribution in [0.25, 0.3) is 0 Å². The second-order valence-corrected chi connectivity index (χ2v) is 5.61. The van der Waals surface area contributed by atoms with Gasteiger partial charge in [-0.3, -0.25) is 0 Å². The minimum absolute atomic E-state index is 0.444. The van der Waals surface area contributed by atoms with Crippen molar-refractivity contribution in [1.29, 1.82) is 0 Å². The molecule has 102 valence electrons. The highest BCUT2D eigenvalue weighted by Gasteiger charge is 2.05. The van der Waals surface area contributed by atoms with Gasteiger partial charge in [-0.2, -0.15) is 11.8 Å². The third kappa shape index (κ3) is 5.32. The van der Waals surface area contributed by atoms with E-state index in [1.54, 1.807) is 0 Å². The quantitative estimate of drug-likeness (QED) is 0.686. The maximum atomic E-state index is 5.72. The molecule has 0 aromatic heterocycles. The summed E-state index contributed by atoms with van der Waals surface area (Å²) in [5.74, 6) is 3.36. The Hall–Kier alpha value is -0.670. The zero-order chi connectivity index (χ0) is 13.2. The van der Waals surface area contributed by atoms with E-state index in [0.29, 0.717) is 6.04 Å². The third-order valence-corrected chi connectivity index (χ3v) is 3.93. The number of nitrogens with one attached hydrogen (secondary N) is 1. The standard InChI is InChI=1S/C15H25NOS/c1-4-15(16-3)13-7-9-14(10-8-13)17-11-6-12-18-5-2/h7-10,15-16H,4-6,11-12H2,1-3H3. The molecule has 0 bridgehead atoms. The average Bonchev–Trinajstić information content (AvgIpc) is 2.41. The van der Waals surface area contributed by atoms with Gasteiger partial charge in [-0.15, -0.1) is 0 Å². The summed E-state index contributed by atoms with van der Waals surface area (Å²) >= 11 is 1.97. The fourth-order valence-corrected chi connectivity index (χ4v) is 2.51. The molecule has 3 heteroatoms. The van der Waals surface area contributed by atoms with Crippen molar-refractivity contribution in [2.45, 2.75) is 32.7 Å². The van der Waals surface area contributed by atoms with Gasteiger partial charge in [-0.25, -0.2) is 0 Å². The Balaban J connectivity index is 2.35. The molecule has 2 nitrogen and oxygen atoms in total. The number of ether oxygens (including phenoxy) is 1. The first kappa shape index (κ1) is 15.4. The van der Waals surface area contributed by atoms with Gasteiger partial charge in [0.1, 0.15) is 5.75 Å². The molecule has 0 saturated heterocycles. The number of hydrogen-bond acceptors (Lipinski definition) is 3. The van der Waals surface area contributed by atoms with Crippen LogP contribution in [0.1, 0.15) is 38.3 Å². The fraction of sp³-hybridized carbons (Fsp3) is 0.600. The smallest absolute Gasteiger partial charge is 0.119 e. The van der Waals surface area contributed by atoms with Gasteiger partial charge in [0.25, 0.3) is 0 Å². The average molecular weight is 267 g/mol. The Morgan fingerprint density at radius 1 is 1.22 bits per heavy atom. The molecule has 0 spiro atoms. The van der Waals surface area contributed by atoms with E-state index in [2.05, 4.69) is 43.4 Å². The maximum absolute atomic E-state index is 5.72. The predicted octanol–water partition coefficient (Wildman–Crippen LogP) is 3.88. The zero-order valence-corrected chi connectivity index (χ0v) is 12.6. The third-order valence-electron chi connectivity index (χ3n) is 2.95. The van der Waals surface area contributed by atoms with E-state index in [4.69, 9.17) is 4.74 Å². The lowest BCUT2D eigenvalue weighted by Crippen LogP contribution is -2.14. The predicted molar refractivity (Wildman–Crippen MR) is 81.6 cm³/mol. The normalized spacial score (nSPS) is 12.4. The Labute approximate surface area is 116 Å². The summed E-state index contributed by atoms with van der Waals surface area (Å²) in [6, 6.07) is 8.90. The van der Waals surface area contributed by atoms with Gasteiger partial charge in [0.15, 0.2) is 0 Å². The highest BCUT2D eigenvalue weighted by Crippen LogP contribution is 2.19. The molecule has 1 unspecified atom stereocenters. The summed E-state index contributed by atoms with van der Waals surface area (Å²) in [5, 5.41) is 3.31. The summed E-state index contributed by atoms with van der Waals surface area (Å²) < 4.78 is 5.72. The SMILES string of the molecule is CCSCCCOc1ccc(C(CC)NC)cc1. The first-order valence-electron chi connectivity index (χ1n) is 6.79. The summed E-state index contributed by atoms with van der Waals surface area (Å²) in [4.78, 5) is 0. The molecule has 0 radical (unpaired) electrons. The van der Waals surface area contributed by atoms with Crippen molar-refractivity contribution in [1.82, 2.24) is 5.32 Å². The van der Waals surface area contributed by atoms with E-state index in [-0.39, 0.29) is 0 Å². The van der Waals surface area contributed by atoms with Gasteiger partial charge in [-0.05, 0) is 49.1 Å². The zero-order valence-electron chi connectivity index (χ0n) is 11.7. The van der Waals surface area contributed by atoms with Crippen LogP contribution in [0.5, 0.6) is 5.75 Å². The van der Waals surface area contributed by atoms with E-state index in [9.17, 15) is 0 Å². The van der Waals surface area contributed by atoms with Gasteiger partial charge in [0.05, 0.1) is 6.61 Å². The molecule has 1 aromatic carbocycles. The molecular weight excluding hydrogens is 242 g/mol. The van der Waals surface area contributed by atoms with E-state index < -0.39 is 0 Å². The lowest BCUT2D eigenvalue weighted by molar-refractivity contribution is 0.318. The first-order chi connectivity index (χ1) is 8.81. The van der Waals surface area contributed by atoms with Crippen molar-refractivity contribution in [3.05, 3.63) is 29.8 Å². The Bertz CT molecular complexity index is 309. The second-order valence-electron chi connectivity index (χ2n) is 4.22. The van der Waals surface area contributed by atoms with E-state index in [1.165, 1.54) is 17.1 Å². The van der Waals surface area contributed by atoms with Crippen LogP contribution in [-0.4, -0.2) is 25.2 Å². The van der Waals surface area contributed by atoms with Crippen molar-refractivity contribution in [2.24, 2.45) is 0 Å². The van der Waals surface area contributed by atoms with E-state index >= 15 is 0 Å². The van der Waals surface area contributed by atoms with Crippen molar-refractivity contribution in [3.63, 3.8) is 0 Å². The molecule has 0 fully saturated rings. The summed E-state index contributed by atoms with van der Waals surface area (Å²) in [5.41, 5.74) is 1.33. The van der Waals surface area contributed by atoms with Crippen molar-refractivity contribution in [2.75, 3.05) is 25.2 Å². The summed E-state index contributed by atoms with van der Waals surface area (Å²) in [6.07, 6.45) is 2.22. The molecule has 0 aliphatic rings. The van der Waals surface area contributed by atoms with E-state index in [1.807, 2.05) is 18.8 Å². The molecule has 0 aliphatic heterocycles. The maximum Gasteiger partial charge on any atom is 0.119 e. The van der Waals surface area contributed by atoms with Crippen LogP contribution in [0.2, 0.25) is 0 Å². The number of thioether (sulfide) groups is 1. The number of benzene rings is 1. The molecule has 1 aromatic rings. The molecule has 0 amide bonds. The lowest BCUT2D eigenvalue weighted by Gasteiger charge is -2.14. The topological polar surface area (TPSA) is 21.3 Å². The molecule has 0 heterocycles. The van der Waals surface area contributed by atoms with Crippen LogP contribution in [0.15, 0.2) is 24.3 Å². The Morgan fingerprint density at radius 2 is 1.94 bits per heavy atom. The molecule has 1 rings (SSSR count). The highest BCUT2D eigenvalue weighted by molar-refractivity contribution is 7.99. The molecule has 0 aliphatic carbocycles. The Morgan fingerprint density at radius 3 is 2.50 bits per heavy atom. The van der Waals surface area contributed by atoms with Crippen LogP contribution in [0.3, 0.4) is 0 Å². The molecule has 0 saturated carbocycles. The van der Waals surface area contributed by atoms with E-state index in [0.717, 1.165) is 25.2 Å². The first-order valence-corrected chi connectivity index (χ1v) is 7.95.